The number of carbonyl (C=O) groups is 1. The molecule has 7 heteroatoms. The molecule has 0 saturated carbocycles. The Morgan fingerprint density at radius 1 is 1.50 bits per heavy atom. The summed E-state index contributed by atoms with van der Waals surface area (Å²) in [5, 5.41) is 10.3. The van der Waals surface area contributed by atoms with Gasteiger partial charge in [-0.05, 0) is 67.7 Å². The van der Waals surface area contributed by atoms with Crippen LogP contribution in [0.15, 0.2) is 27.7 Å². The zero-order valence-electron chi connectivity index (χ0n) is 14.4. The Bertz CT molecular complexity index is 690. The maximum atomic E-state index is 13.6. The number of aliphatic imine (C=N–C) groups is 1. The second-order valence-electron chi connectivity index (χ2n) is 7.22. The van der Waals surface area contributed by atoms with Gasteiger partial charge in [-0.1, -0.05) is 24.8 Å². The van der Waals surface area contributed by atoms with E-state index in [-0.39, 0.29) is 11.1 Å². The Balaban J connectivity index is 2.54. The molecule has 4 nitrogen and oxygen atoms in total. The Morgan fingerprint density at radius 3 is 2.62 bits per heavy atom. The minimum Gasteiger partial charge on any atom is -0.465 e. The molecule has 0 spiro atoms. The predicted molar refractivity (Wildman–Crippen MR) is 100 cm³/mol. The molecule has 1 N–H and O–H groups in total. The average Bonchev–Trinajstić information content (AvgIpc) is 2.38. The SMILES string of the molecule is C[C@@H]1C[C@@](C)(c2ccc(F)c(Br)c2)N=C(N(C(=O)O)C(C)(C)C)S1. The van der Waals surface area contributed by atoms with Gasteiger partial charge in [-0.2, -0.15) is 0 Å². The monoisotopic (exact) mass is 416 g/mol. The lowest BCUT2D eigenvalue weighted by atomic mass is 9.88. The highest BCUT2D eigenvalue weighted by Crippen LogP contribution is 2.42. The van der Waals surface area contributed by atoms with Gasteiger partial charge in [-0.3, -0.25) is 9.89 Å². The van der Waals surface area contributed by atoms with Crippen molar-refractivity contribution in [2.24, 2.45) is 4.99 Å². The molecule has 24 heavy (non-hydrogen) atoms. The van der Waals surface area contributed by atoms with Gasteiger partial charge in [0.15, 0.2) is 5.17 Å². The molecule has 0 fully saturated rings. The molecule has 0 unspecified atom stereocenters. The number of carboxylic acid groups (broad SMARTS) is 1. The quantitative estimate of drug-likeness (QED) is 0.660. The van der Waals surface area contributed by atoms with E-state index in [1.54, 1.807) is 12.1 Å². The van der Waals surface area contributed by atoms with Crippen LogP contribution in [0.2, 0.25) is 0 Å². The van der Waals surface area contributed by atoms with Gasteiger partial charge in [0.1, 0.15) is 5.82 Å². The van der Waals surface area contributed by atoms with Gasteiger partial charge in [0, 0.05) is 10.8 Å². The lowest BCUT2D eigenvalue weighted by Gasteiger charge is -2.40. The zero-order valence-corrected chi connectivity index (χ0v) is 16.8. The van der Waals surface area contributed by atoms with Crippen molar-refractivity contribution in [3.05, 3.63) is 34.1 Å². The summed E-state index contributed by atoms with van der Waals surface area (Å²) in [5.74, 6) is -0.327. The lowest BCUT2D eigenvalue weighted by molar-refractivity contribution is 0.141. The fraction of sp³-hybridized carbons (Fsp3) is 0.529. The van der Waals surface area contributed by atoms with Crippen molar-refractivity contribution in [1.82, 2.24) is 4.90 Å². The van der Waals surface area contributed by atoms with Crippen molar-refractivity contribution in [2.45, 2.75) is 57.4 Å². The molecule has 0 radical (unpaired) electrons. The minimum atomic E-state index is -1.02. The molecule has 0 saturated heterocycles. The minimum absolute atomic E-state index is 0.190. The van der Waals surface area contributed by atoms with Gasteiger partial charge in [0.2, 0.25) is 0 Å². The third kappa shape index (κ3) is 3.94. The van der Waals surface area contributed by atoms with E-state index in [0.717, 1.165) is 12.0 Å². The number of rotatable bonds is 1. The number of amidine groups is 1. The van der Waals surface area contributed by atoms with Crippen molar-refractivity contribution in [3.8, 4) is 0 Å². The smallest absolute Gasteiger partial charge is 0.413 e. The third-order valence-electron chi connectivity index (χ3n) is 3.93. The van der Waals surface area contributed by atoms with Crippen LogP contribution in [0.4, 0.5) is 9.18 Å². The van der Waals surface area contributed by atoms with Crippen LogP contribution >= 0.6 is 27.7 Å². The molecule has 1 aliphatic heterocycles. The van der Waals surface area contributed by atoms with Gasteiger partial charge in [-0.25, -0.2) is 9.18 Å². The maximum absolute atomic E-state index is 13.6. The van der Waals surface area contributed by atoms with Gasteiger partial charge in [0.05, 0.1) is 10.0 Å². The Kier molecular flexibility index (Phi) is 5.35. The average molecular weight is 417 g/mol. The topological polar surface area (TPSA) is 52.9 Å². The van der Waals surface area contributed by atoms with E-state index < -0.39 is 17.2 Å². The summed E-state index contributed by atoms with van der Waals surface area (Å²) in [7, 11) is 0. The summed E-state index contributed by atoms with van der Waals surface area (Å²) in [5.41, 5.74) is -0.339. The molecule has 1 aliphatic rings. The molecule has 2 rings (SSSR count). The third-order valence-corrected chi connectivity index (χ3v) is 5.59. The number of hydrogen-bond donors (Lipinski definition) is 1. The second-order valence-corrected chi connectivity index (χ2v) is 9.48. The maximum Gasteiger partial charge on any atom is 0.413 e. The van der Waals surface area contributed by atoms with Crippen molar-refractivity contribution in [1.29, 1.82) is 0 Å². The number of hydrogen-bond acceptors (Lipinski definition) is 3. The summed E-state index contributed by atoms with van der Waals surface area (Å²) in [4.78, 5) is 17.9. The van der Waals surface area contributed by atoms with Crippen molar-refractivity contribution in [2.75, 3.05) is 0 Å². The second kappa shape index (κ2) is 6.67. The molecule has 0 aromatic heterocycles. The van der Waals surface area contributed by atoms with Gasteiger partial charge in [0.25, 0.3) is 0 Å². The van der Waals surface area contributed by atoms with Crippen molar-refractivity contribution < 1.29 is 14.3 Å². The summed E-state index contributed by atoms with van der Waals surface area (Å²) in [6, 6.07) is 4.85. The van der Waals surface area contributed by atoms with Crippen LogP contribution in [0.1, 0.15) is 46.6 Å². The number of nitrogens with zero attached hydrogens (tertiary/aromatic N) is 2. The standard InChI is InChI=1S/C17H22BrFN2O2S/c1-10-9-17(5,11-6-7-13(19)12(18)8-11)20-14(24-10)21(15(22)23)16(2,3)4/h6-8,10H,9H2,1-5H3,(H,22,23)/t10-,17+/m1/s1. The van der Waals surface area contributed by atoms with Crippen LogP contribution in [0.25, 0.3) is 0 Å². The van der Waals surface area contributed by atoms with E-state index in [1.165, 1.54) is 22.7 Å². The van der Waals surface area contributed by atoms with E-state index in [0.29, 0.717) is 9.64 Å². The largest absolute Gasteiger partial charge is 0.465 e. The van der Waals surface area contributed by atoms with Gasteiger partial charge >= 0.3 is 6.09 Å². The van der Waals surface area contributed by atoms with Crippen molar-refractivity contribution in [3.63, 3.8) is 0 Å². The van der Waals surface area contributed by atoms with Crippen LogP contribution in [-0.2, 0) is 5.54 Å². The van der Waals surface area contributed by atoms with E-state index in [1.807, 2.05) is 27.7 Å². The summed E-state index contributed by atoms with van der Waals surface area (Å²) in [6.07, 6.45) is -0.276. The molecule has 1 aromatic carbocycles. The molecule has 1 amide bonds. The molecular formula is C17H22BrFN2O2S. The fourth-order valence-corrected chi connectivity index (χ4v) is 4.69. The number of amides is 1. The summed E-state index contributed by atoms with van der Waals surface area (Å²) >= 11 is 4.68. The first-order valence-electron chi connectivity index (χ1n) is 7.69. The summed E-state index contributed by atoms with van der Waals surface area (Å²) in [6.45, 7) is 9.55. The molecule has 2 atom stereocenters. The van der Waals surface area contributed by atoms with Gasteiger partial charge < -0.3 is 5.11 Å². The molecule has 0 aliphatic carbocycles. The first-order valence-corrected chi connectivity index (χ1v) is 9.36. The highest BCUT2D eigenvalue weighted by atomic mass is 79.9. The van der Waals surface area contributed by atoms with Crippen LogP contribution in [0.3, 0.4) is 0 Å². The van der Waals surface area contributed by atoms with E-state index in [4.69, 9.17) is 4.99 Å². The van der Waals surface area contributed by atoms with E-state index in [2.05, 4.69) is 22.9 Å². The molecular weight excluding hydrogens is 395 g/mol. The van der Waals surface area contributed by atoms with E-state index in [9.17, 15) is 14.3 Å². The Morgan fingerprint density at radius 2 is 2.12 bits per heavy atom. The lowest BCUT2D eigenvalue weighted by Crippen LogP contribution is -2.50. The number of halogens is 2. The first-order chi connectivity index (χ1) is 10.9. The van der Waals surface area contributed by atoms with Gasteiger partial charge in [-0.15, -0.1) is 0 Å². The molecule has 1 heterocycles. The highest BCUT2D eigenvalue weighted by Gasteiger charge is 2.40. The number of thioether (sulfide) groups is 1. The summed E-state index contributed by atoms with van der Waals surface area (Å²) < 4.78 is 13.9. The van der Waals surface area contributed by atoms with Crippen LogP contribution < -0.4 is 0 Å². The van der Waals surface area contributed by atoms with Crippen molar-refractivity contribution >= 4 is 39.0 Å². The Labute approximate surface area is 154 Å². The Hall–Kier alpha value is -1.08. The van der Waals surface area contributed by atoms with Crippen LogP contribution in [0, 0.1) is 5.82 Å². The normalized spacial score (nSPS) is 24.5. The highest BCUT2D eigenvalue weighted by molar-refractivity contribution is 9.10. The predicted octanol–water partition coefficient (Wildman–Crippen LogP) is 5.46. The van der Waals surface area contributed by atoms with Crippen LogP contribution in [-0.4, -0.2) is 32.1 Å². The zero-order chi connectivity index (χ0) is 18.3. The molecule has 0 bridgehead atoms. The number of benzene rings is 1. The van der Waals surface area contributed by atoms with E-state index >= 15 is 0 Å². The first kappa shape index (κ1) is 19.2. The fourth-order valence-electron chi connectivity index (χ4n) is 2.84. The molecule has 1 aromatic rings. The van der Waals surface area contributed by atoms with Crippen LogP contribution in [0.5, 0.6) is 0 Å². The molecule has 132 valence electrons.